The average Bonchev–Trinajstić information content (AvgIpc) is 3.47. The molecule has 2 aromatic carbocycles. The Morgan fingerprint density at radius 1 is 1.21 bits per heavy atom. The number of anilines is 1. The molecule has 2 aromatic heterocycles. The lowest BCUT2D eigenvalue weighted by atomic mass is 10.1. The van der Waals surface area contributed by atoms with E-state index in [1.54, 1.807) is 41.2 Å². The number of benzene rings is 2. The molecule has 8 heteroatoms. The molecule has 0 saturated carbocycles. The van der Waals surface area contributed by atoms with E-state index in [9.17, 15) is 4.79 Å². The van der Waals surface area contributed by atoms with E-state index < -0.39 is 0 Å². The topological polar surface area (TPSA) is 73.4 Å². The van der Waals surface area contributed by atoms with Crippen LogP contribution in [0.25, 0.3) is 11.3 Å². The van der Waals surface area contributed by atoms with Gasteiger partial charge < -0.3 is 14.1 Å². The largest absolute Gasteiger partial charge is 0.497 e. The van der Waals surface area contributed by atoms with Crippen molar-refractivity contribution in [3.05, 3.63) is 83.6 Å². The molecule has 1 atom stereocenters. The van der Waals surface area contributed by atoms with E-state index in [1.165, 1.54) is 0 Å². The fourth-order valence-corrected chi connectivity index (χ4v) is 3.80. The molecule has 0 spiro atoms. The Morgan fingerprint density at radius 2 is 2.00 bits per heavy atom. The predicted octanol–water partition coefficient (Wildman–Crippen LogP) is 5.46. The number of nitrogens with zero attached hydrogens (tertiary/aromatic N) is 4. The zero-order chi connectivity index (χ0) is 23.4. The lowest BCUT2D eigenvalue weighted by Gasteiger charge is -2.28. The van der Waals surface area contributed by atoms with Gasteiger partial charge in [-0.3, -0.25) is 9.48 Å². The summed E-state index contributed by atoms with van der Waals surface area (Å²) in [4.78, 5) is 19.5. The molecule has 0 fully saturated rings. The van der Waals surface area contributed by atoms with E-state index in [0.29, 0.717) is 23.1 Å². The van der Waals surface area contributed by atoms with E-state index in [2.05, 4.69) is 10.1 Å². The van der Waals surface area contributed by atoms with Crippen molar-refractivity contribution < 1.29 is 13.9 Å². The van der Waals surface area contributed by atoms with Crippen molar-refractivity contribution in [2.75, 3.05) is 12.0 Å². The Labute approximate surface area is 197 Å². The summed E-state index contributed by atoms with van der Waals surface area (Å²) in [6, 6.07) is 14.8. The van der Waals surface area contributed by atoms with Crippen LogP contribution in [0.4, 0.5) is 5.69 Å². The maximum atomic E-state index is 13.4. The highest BCUT2D eigenvalue weighted by molar-refractivity contribution is 6.30. The first-order valence-corrected chi connectivity index (χ1v) is 11.0. The molecule has 170 valence electrons. The van der Waals surface area contributed by atoms with Gasteiger partial charge in [-0.1, -0.05) is 23.7 Å². The van der Waals surface area contributed by atoms with Gasteiger partial charge in [0.1, 0.15) is 5.75 Å². The monoisotopic (exact) mass is 464 g/mol. The molecular weight excluding hydrogens is 440 g/mol. The maximum absolute atomic E-state index is 13.4. The fraction of sp³-hybridized carbons (Fsp3) is 0.240. The number of oxazole rings is 1. The van der Waals surface area contributed by atoms with Crippen molar-refractivity contribution >= 4 is 23.2 Å². The summed E-state index contributed by atoms with van der Waals surface area (Å²) < 4.78 is 12.9. The highest BCUT2D eigenvalue weighted by Gasteiger charge is 2.25. The first-order valence-electron chi connectivity index (χ1n) is 10.6. The van der Waals surface area contributed by atoms with Crippen molar-refractivity contribution in [2.24, 2.45) is 7.05 Å². The van der Waals surface area contributed by atoms with E-state index in [4.69, 9.17) is 20.8 Å². The van der Waals surface area contributed by atoms with Crippen LogP contribution >= 0.6 is 11.6 Å². The van der Waals surface area contributed by atoms with Gasteiger partial charge in [-0.15, -0.1) is 0 Å². The third-order valence-electron chi connectivity index (χ3n) is 5.44. The number of carbonyl (C=O) groups excluding carboxylic acids is 1. The third-order valence-corrected chi connectivity index (χ3v) is 5.69. The second-order valence-electron chi connectivity index (χ2n) is 7.71. The number of hydrogen-bond donors (Lipinski definition) is 0. The summed E-state index contributed by atoms with van der Waals surface area (Å²) in [5.41, 5.74) is 2.58. The first-order chi connectivity index (χ1) is 15.9. The Morgan fingerprint density at radius 3 is 2.70 bits per heavy atom. The van der Waals surface area contributed by atoms with Gasteiger partial charge in [-0.25, -0.2) is 4.98 Å². The van der Waals surface area contributed by atoms with Crippen LogP contribution in [-0.2, 0) is 18.3 Å². The molecule has 7 nitrogen and oxygen atoms in total. The van der Waals surface area contributed by atoms with Gasteiger partial charge in [0.2, 0.25) is 5.91 Å². The smallest absolute Gasteiger partial charge is 0.228 e. The number of rotatable bonds is 8. The van der Waals surface area contributed by atoms with Crippen LogP contribution < -0.4 is 9.64 Å². The minimum atomic E-state index is -0.217. The van der Waals surface area contributed by atoms with Gasteiger partial charge in [-0.2, -0.15) is 5.10 Å². The summed E-state index contributed by atoms with van der Waals surface area (Å²) >= 11 is 5.96. The number of halogens is 1. The Kier molecular flexibility index (Phi) is 6.79. The number of methoxy groups -OCH3 is 1. The summed E-state index contributed by atoms with van der Waals surface area (Å²) in [5, 5.41) is 4.91. The molecular formula is C25H25ClN4O3. The van der Waals surface area contributed by atoms with Crippen molar-refractivity contribution in [1.82, 2.24) is 14.8 Å². The van der Waals surface area contributed by atoms with Gasteiger partial charge in [0.05, 0.1) is 31.2 Å². The molecule has 1 amide bonds. The second-order valence-corrected chi connectivity index (χ2v) is 8.15. The number of ether oxygens (including phenoxy) is 1. The van der Waals surface area contributed by atoms with Gasteiger partial charge >= 0.3 is 0 Å². The van der Waals surface area contributed by atoms with Crippen LogP contribution in [0.15, 0.2) is 71.5 Å². The molecule has 33 heavy (non-hydrogen) atoms. The molecule has 0 radical (unpaired) electrons. The summed E-state index contributed by atoms with van der Waals surface area (Å²) in [5.74, 6) is 1.84. The number of aromatic nitrogens is 3. The standard InChI is InChI=1S/C25H25ClN4O3/c1-17(19-5-4-6-22(13-19)32-3)30(21-14-28-29(2)16-21)25(31)12-11-24-27-15-23(33-24)18-7-9-20(26)10-8-18/h4-10,13-17H,11-12H2,1-3H3/t17-/m0/s1. The van der Waals surface area contributed by atoms with Crippen molar-refractivity contribution in [1.29, 1.82) is 0 Å². The molecule has 0 N–H and O–H groups in total. The van der Waals surface area contributed by atoms with Gasteiger partial charge in [-0.05, 0) is 48.9 Å². The molecule has 0 saturated heterocycles. The predicted molar refractivity (Wildman–Crippen MR) is 127 cm³/mol. The highest BCUT2D eigenvalue weighted by Crippen LogP contribution is 2.30. The zero-order valence-corrected chi connectivity index (χ0v) is 19.5. The number of amides is 1. The second kappa shape index (κ2) is 9.92. The van der Waals surface area contributed by atoms with Crippen LogP contribution in [0.1, 0.15) is 30.8 Å². The zero-order valence-electron chi connectivity index (χ0n) is 18.7. The van der Waals surface area contributed by atoms with Gasteiger partial charge in [0.25, 0.3) is 0 Å². The Bertz CT molecular complexity index is 1230. The molecule has 0 bridgehead atoms. The SMILES string of the molecule is COc1cccc([C@H](C)N(C(=O)CCc2ncc(-c3ccc(Cl)cc3)o2)c2cnn(C)c2)c1. The van der Waals surface area contributed by atoms with Crippen molar-refractivity contribution in [3.8, 4) is 17.1 Å². The van der Waals surface area contributed by atoms with Crippen LogP contribution in [-0.4, -0.2) is 27.8 Å². The van der Waals surface area contributed by atoms with E-state index >= 15 is 0 Å². The normalized spacial score (nSPS) is 11.9. The number of carbonyl (C=O) groups is 1. The molecule has 2 heterocycles. The van der Waals surface area contributed by atoms with Crippen LogP contribution in [0.2, 0.25) is 5.02 Å². The molecule has 4 rings (SSSR count). The van der Waals surface area contributed by atoms with Crippen LogP contribution in [0.5, 0.6) is 5.75 Å². The minimum absolute atomic E-state index is 0.0513. The quantitative estimate of drug-likeness (QED) is 0.346. The Hall–Kier alpha value is -3.58. The third kappa shape index (κ3) is 5.26. The summed E-state index contributed by atoms with van der Waals surface area (Å²) in [6.45, 7) is 1.99. The fourth-order valence-electron chi connectivity index (χ4n) is 3.67. The van der Waals surface area contributed by atoms with Crippen molar-refractivity contribution in [3.63, 3.8) is 0 Å². The number of aryl methyl sites for hydroxylation is 2. The molecule has 0 aliphatic carbocycles. The molecule has 4 aromatic rings. The minimum Gasteiger partial charge on any atom is -0.497 e. The Balaban J connectivity index is 1.52. The maximum Gasteiger partial charge on any atom is 0.228 e. The summed E-state index contributed by atoms with van der Waals surface area (Å²) in [6.07, 6.45) is 5.81. The van der Waals surface area contributed by atoms with Crippen LogP contribution in [0.3, 0.4) is 0 Å². The first kappa shape index (κ1) is 22.6. The van der Waals surface area contributed by atoms with E-state index in [1.807, 2.05) is 56.6 Å². The average molecular weight is 465 g/mol. The van der Waals surface area contributed by atoms with Crippen LogP contribution in [0, 0.1) is 0 Å². The molecule has 0 aliphatic heterocycles. The lowest BCUT2D eigenvalue weighted by molar-refractivity contribution is -0.119. The van der Waals surface area contributed by atoms with E-state index in [-0.39, 0.29) is 18.4 Å². The van der Waals surface area contributed by atoms with Gasteiger partial charge in [0, 0.05) is 36.7 Å². The molecule has 0 aliphatic rings. The molecule has 0 unspecified atom stereocenters. The number of hydrogen-bond acceptors (Lipinski definition) is 5. The van der Waals surface area contributed by atoms with Crippen molar-refractivity contribution in [2.45, 2.75) is 25.8 Å². The van der Waals surface area contributed by atoms with E-state index in [0.717, 1.165) is 22.6 Å². The lowest BCUT2D eigenvalue weighted by Crippen LogP contribution is -2.33. The summed E-state index contributed by atoms with van der Waals surface area (Å²) in [7, 11) is 3.45. The van der Waals surface area contributed by atoms with Gasteiger partial charge in [0.15, 0.2) is 11.7 Å². The highest BCUT2D eigenvalue weighted by atomic mass is 35.5.